The van der Waals surface area contributed by atoms with E-state index in [9.17, 15) is 17.2 Å². The molecule has 0 radical (unpaired) electrons. The van der Waals surface area contributed by atoms with Crippen molar-refractivity contribution < 1.29 is 17.2 Å². The van der Waals surface area contributed by atoms with Crippen LogP contribution in [0.5, 0.6) is 0 Å². The van der Waals surface area contributed by atoms with Crippen molar-refractivity contribution in [1.29, 1.82) is 5.26 Å². The molecule has 1 heterocycles. The minimum Gasteiger partial charge on any atom is -0.244 e. The predicted octanol–water partition coefficient (Wildman–Crippen LogP) is 2.59. The van der Waals surface area contributed by atoms with Crippen LogP contribution in [0.15, 0.2) is 41.4 Å². The lowest BCUT2D eigenvalue weighted by atomic mass is 9.72. The molecule has 5 nitrogen and oxygen atoms in total. The molecule has 1 aliphatic carbocycles. The first-order chi connectivity index (χ1) is 11.4. The summed E-state index contributed by atoms with van der Waals surface area (Å²) < 4.78 is 56.0. The highest BCUT2D eigenvalue weighted by molar-refractivity contribution is 7.89. The van der Waals surface area contributed by atoms with Gasteiger partial charge >= 0.3 is 0 Å². The Morgan fingerprint density at radius 3 is 2.38 bits per heavy atom. The number of nitriles is 1. The van der Waals surface area contributed by atoms with Crippen LogP contribution < -0.4 is 4.72 Å². The maximum absolute atomic E-state index is 14.2. The summed E-state index contributed by atoms with van der Waals surface area (Å²) in [6.07, 6.45) is 2.47. The SMILES string of the molecule is N#Cc1ncccc1S(=O)(=O)NC1(c2c(F)cccc2F)CCC1. The lowest BCUT2D eigenvalue weighted by Gasteiger charge is -2.42. The zero-order valence-corrected chi connectivity index (χ0v) is 13.3. The van der Waals surface area contributed by atoms with Gasteiger partial charge in [-0.25, -0.2) is 26.9 Å². The molecule has 0 saturated heterocycles. The lowest BCUT2D eigenvalue weighted by Crippen LogP contribution is -2.51. The van der Waals surface area contributed by atoms with Gasteiger partial charge in [0.2, 0.25) is 10.0 Å². The number of benzene rings is 1. The van der Waals surface area contributed by atoms with Crippen molar-refractivity contribution in [2.45, 2.75) is 29.7 Å². The topological polar surface area (TPSA) is 82.8 Å². The van der Waals surface area contributed by atoms with Gasteiger partial charge in [0.1, 0.15) is 22.6 Å². The summed E-state index contributed by atoms with van der Waals surface area (Å²) in [4.78, 5) is 3.41. The molecular formula is C16H13F2N3O2S. The Morgan fingerprint density at radius 2 is 1.83 bits per heavy atom. The summed E-state index contributed by atoms with van der Waals surface area (Å²) in [6, 6.07) is 7.74. The van der Waals surface area contributed by atoms with E-state index in [1.807, 2.05) is 0 Å². The summed E-state index contributed by atoms with van der Waals surface area (Å²) in [5, 5.41) is 9.03. The molecule has 2 aromatic rings. The third-order valence-electron chi connectivity index (χ3n) is 4.14. The number of nitrogens with zero attached hydrogens (tertiary/aromatic N) is 2. The zero-order valence-electron chi connectivity index (χ0n) is 12.5. The fourth-order valence-corrected chi connectivity index (χ4v) is 4.43. The molecule has 1 aromatic heterocycles. The Balaban J connectivity index is 2.07. The number of hydrogen-bond acceptors (Lipinski definition) is 4. The molecule has 0 unspecified atom stereocenters. The Kier molecular flexibility index (Phi) is 4.07. The Hall–Kier alpha value is -2.37. The first kappa shape index (κ1) is 16.5. The van der Waals surface area contributed by atoms with Gasteiger partial charge in [0.15, 0.2) is 5.69 Å². The summed E-state index contributed by atoms with van der Waals surface area (Å²) in [6.45, 7) is 0. The standard InChI is InChI=1S/C16H13F2N3O2S/c17-11-4-1-5-12(18)15(11)16(7-3-8-16)21-24(22,23)14-6-2-9-20-13(14)10-19/h1-2,4-6,9,21H,3,7-8H2. The van der Waals surface area contributed by atoms with Gasteiger partial charge in [-0.15, -0.1) is 0 Å². The third kappa shape index (κ3) is 2.66. The second-order valence-electron chi connectivity index (χ2n) is 5.60. The third-order valence-corrected chi connectivity index (χ3v) is 5.71. The van der Waals surface area contributed by atoms with Crippen molar-refractivity contribution in [2.24, 2.45) is 0 Å². The molecule has 0 amide bonds. The average molecular weight is 349 g/mol. The number of pyridine rings is 1. The van der Waals surface area contributed by atoms with Crippen molar-refractivity contribution in [3.05, 3.63) is 59.4 Å². The molecule has 0 spiro atoms. The lowest BCUT2D eigenvalue weighted by molar-refractivity contribution is 0.209. The van der Waals surface area contributed by atoms with Crippen molar-refractivity contribution >= 4 is 10.0 Å². The molecule has 8 heteroatoms. The minimum absolute atomic E-state index is 0.270. The van der Waals surface area contributed by atoms with Crippen LogP contribution in [0.4, 0.5) is 8.78 Å². The molecule has 124 valence electrons. The van der Waals surface area contributed by atoms with E-state index in [1.165, 1.54) is 24.4 Å². The monoisotopic (exact) mass is 349 g/mol. The van der Waals surface area contributed by atoms with E-state index in [2.05, 4.69) is 9.71 Å². The number of aromatic nitrogens is 1. The van der Waals surface area contributed by atoms with E-state index in [0.29, 0.717) is 6.42 Å². The molecule has 0 bridgehead atoms. The van der Waals surface area contributed by atoms with E-state index in [4.69, 9.17) is 5.26 Å². The van der Waals surface area contributed by atoms with E-state index in [-0.39, 0.29) is 29.0 Å². The highest BCUT2D eigenvalue weighted by Crippen LogP contribution is 2.44. The second-order valence-corrected chi connectivity index (χ2v) is 7.25. The van der Waals surface area contributed by atoms with Crippen molar-refractivity contribution in [2.75, 3.05) is 0 Å². The van der Waals surface area contributed by atoms with Crippen LogP contribution in [0.2, 0.25) is 0 Å². The minimum atomic E-state index is -4.17. The molecule has 1 N–H and O–H groups in total. The van der Waals surface area contributed by atoms with Gasteiger partial charge in [-0.1, -0.05) is 6.07 Å². The van der Waals surface area contributed by atoms with Crippen molar-refractivity contribution in [1.82, 2.24) is 9.71 Å². The highest BCUT2D eigenvalue weighted by atomic mass is 32.2. The molecule has 1 saturated carbocycles. The highest BCUT2D eigenvalue weighted by Gasteiger charge is 2.46. The molecule has 0 atom stereocenters. The van der Waals surface area contributed by atoms with Gasteiger partial charge in [-0.05, 0) is 43.5 Å². The normalized spacial score (nSPS) is 16.2. The molecule has 3 rings (SSSR count). The Labute approximate surface area is 138 Å². The quantitative estimate of drug-likeness (QED) is 0.920. The van der Waals surface area contributed by atoms with E-state index in [0.717, 1.165) is 12.1 Å². The fourth-order valence-electron chi connectivity index (χ4n) is 2.89. The van der Waals surface area contributed by atoms with E-state index >= 15 is 0 Å². The van der Waals surface area contributed by atoms with Crippen LogP contribution in [0.3, 0.4) is 0 Å². The van der Waals surface area contributed by atoms with Crippen LogP contribution in [0.25, 0.3) is 0 Å². The van der Waals surface area contributed by atoms with Crippen LogP contribution in [0, 0.1) is 23.0 Å². The molecule has 1 fully saturated rings. The Morgan fingerprint density at radius 1 is 1.17 bits per heavy atom. The largest absolute Gasteiger partial charge is 0.244 e. The van der Waals surface area contributed by atoms with Gasteiger partial charge in [0, 0.05) is 11.8 Å². The number of rotatable bonds is 4. The van der Waals surface area contributed by atoms with Gasteiger partial charge in [0.05, 0.1) is 5.54 Å². The van der Waals surface area contributed by atoms with Gasteiger partial charge in [0.25, 0.3) is 0 Å². The fraction of sp³-hybridized carbons (Fsp3) is 0.250. The van der Waals surface area contributed by atoms with E-state index < -0.39 is 27.2 Å². The summed E-state index contributed by atoms with van der Waals surface area (Å²) in [7, 11) is -4.17. The molecule has 1 aliphatic rings. The van der Waals surface area contributed by atoms with E-state index in [1.54, 1.807) is 6.07 Å². The maximum atomic E-state index is 14.2. The molecule has 0 aliphatic heterocycles. The number of sulfonamides is 1. The summed E-state index contributed by atoms with van der Waals surface area (Å²) >= 11 is 0. The Bertz CT molecular complexity index is 914. The van der Waals surface area contributed by atoms with Crippen LogP contribution in [-0.2, 0) is 15.6 Å². The van der Waals surface area contributed by atoms with Crippen molar-refractivity contribution in [3.8, 4) is 6.07 Å². The number of nitrogens with one attached hydrogen (secondary N) is 1. The van der Waals surface area contributed by atoms with Crippen LogP contribution >= 0.6 is 0 Å². The molecular weight excluding hydrogens is 336 g/mol. The smallest absolute Gasteiger partial charge is 0.244 e. The van der Waals surface area contributed by atoms with Crippen molar-refractivity contribution in [3.63, 3.8) is 0 Å². The van der Waals surface area contributed by atoms with Crippen LogP contribution in [0.1, 0.15) is 30.5 Å². The number of hydrogen-bond donors (Lipinski definition) is 1. The summed E-state index contributed by atoms with van der Waals surface area (Å²) in [5.41, 5.74) is -1.91. The number of halogens is 2. The first-order valence-corrected chi connectivity index (χ1v) is 8.71. The predicted molar refractivity (Wildman–Crippen MR) is 81.2 cm³/mol. The maximum Gasteiger partial charge on any atom is 0.244 e. The average Bonchev–Trinajstić information content (AvgIpc) is 2.52. The summed E-state index contributed by atoms with van der Waals surface area (Å²) in [5.74, 6) is -1.60. The molecule has 1 aromatic carbocycles. The van der Waals surface area contributed by atoms with Crippen LogP contribution in [-0.4, -0.2) is 13.4 Å². The first-order valence-electron chi connectivity index (χ1n) is 7.23. The van der Waals surface area contributed by atoms with Gasteiger partial charge < -0.3 is 0 Å². The van der Waals surface area contributed by atoms with Gasteiger partial charge in [-0.3, -0.25) is 0 Å². The zero-order chi connectivity index (χ0) is 17.4. The molecule has 24 heavy (non-hydrogen) atoms. The second kappa shape index (κ2) is 5.92. The van der Waals surface area contributed by atoms with Gasteiger partial charge in [-0.2, -0.15) is 5.26 Å².